The number of imide groups is 2. The van der Waals surface area contributed by atoms with E-state index in [1.54, 1.807) is 0 Å². The fourth-order valence-corrected chi connectivity index (χ4v) is 8.31. The lowest BCUT2D eigenvalue weighted by molar-refractivity contribution is -0.153. The molecule has 4 fully saturated rings. The fourth-order valence-electron chi connectivity index (χ4n) is 7.78. The Bertz CT molecular complexity index is 1720. The molecule has 4 aromatic carbocycles. The molecular weight excluding hydrogens is 712 g/mol. The molecule has 230 valence electrons. The molecule has 6 atom stereocenters. The van der Waals surface area contributed by atoms with Crippen molar-refractivity contribution in [3.63, 3.8) is 0 Å². The van der Waals surface area contributed by atoms with E-state index in [0.29, 0.717) is 0 Å². The maximum absolute atomic E-state index is 14.4. The maximum Gasteiger partial charge on any atom is 0.249 e. The van der Waals surface area contributed by atoms with Crippen molar-refractivity contribution < 1.29 is 19.2 Å². The number of carbonyl (C=O) groups excluding carboxylic acids is 4. The summed E-state index contributed by atoms with van der Waals surface area (Å²) in [5, 5.41) is 3.83. The highest BCUT2D eigenvalue weighted by Gasteiger charge is 2.73. The van der Waals surface area contributed by atoms with Crippen molar-refractivity contribution in [1.29, 1.82) is 0 Å². The monoisotopic (exact) mass is 738 g/mol. The second-order valence-electron chi connectivity index (χ2n) is 12.2. The number of likely N-dealkylation sites (tertiary alicyclic amines) is 2. The summed E-state index contributed by atoms with van der Waals surface area (Å²) in [6, 6.07) is 31.3. The van der Waals surface area contributed by atoms with Gasteiger partial charge in [0.2, 0.25) is 23.6 Å². The number of amides is 4. The van der Waals surface area contributed by atoms with Crippen molar-refractivity contribution >= 4 is 55.5 Å². The first-order valence-corrected chi connectivity index (χ1v) is 16.8. The van der Waals surface area contributed by atoms with Gasteiger partial charge in [0, 0.05) is 8.95 Å². The Morgan fingerprint density at radius 1 is 0.435 bits per heavy atom. The van der Waals surface area contributed by atoms with Crippen molar-refractivity contribution in [2.45, 2.75) is 37.3 Å². The number of fused-ring (bicyclic) bond motifs is 5. The highest BCUT2D eigenvalue weighted by molar-refractivity contribution is 9.10. The molecule has 0 aliphatic carbocycles. The molecule has 4 saturated heterocycles. The van der Waals surface area contributed by atoms with Crippen LogP contribution in [0.3, 0.4) is 0 Å². The van der Waals surface area contributed by atoms with E-state index in [-0.39, 0.29) is 36.7 Å². The first-order valence-electron chi connectivity index (χ1n) is 15.2. The van der Waals surface area contributed by atoms with Crippen LogP contribution in [0.2, 0.25) is 0 Å². The number of halogens is 2. The lowest BCUT2D eigenvalue weighted by atomic mass is 9.84. The second kappa shape index (κ2) is 11.4. The molecular formula is C36H28Br2N4O4. The Morgan fingerprint density at radius 3 is 1.13 bits per heavy atom. The highest BCUT2D eigenvalue weighted by Crippen LogP contribution is 2.59. The van der Waals surface area contributed by atoms with Crippen LogP contribution in [0.15, 0.2) is 118 Å². The fraction of sp³-hybridized carbons (Fsp3) is 0.222. The molecule has 4 aromatic rings. The summed E-state index contributed by atoms with van der Waals surface area (Å²) in [6.45, 7) is 0.315. The van der Waals surface area contributed by atoms with Crippen LogP contribution in [0.1, 0.15) is 34.3 Å². The third-order valence-electron chi connectivity index (χ3n) is 9.70. The predicted octanol–water partition coefficient (Wildman–Crippen LogP) is 5.65. The number of hydrazine groups is 1. The van der Waals surface area contributed by atoms with Crippen molar-refractivity contribution in [2.75, 3.05) is 0 Å². The molecule has 4 amide bonds. The number of hydrogen-bond donors (Lipinski definition) is 0. The largest absolute Gasteiger partial charge is 0.276 e. The Hall–Kier alpha value is -3.96. The van der Waals surface area contributed by atoms with Gasteiger partial charge in [0.25, 0.3) is 0 Å². The average Bonchev–Trinajstić information content (AvgIpc) is 3.73. The van der Waals surface area contributed by atoms with E-state index in [9.17, 15) is 19.2 Å². The van der Waals surface area contributed by atoms with E-state index < -0.39 is 36.0 Å². The maximum atomic E-state index is 14.4. The van der Waals surface area contributed by atoms with Crippen LogP contribution in [0, 0.1) is 11.8 Å². The van der Waals surface area contributed by atoms with E-state index in [1.165, 1.54) is 9.80 Å². The zero-order valence-corrected chi connectivity index (χ0v) is 27.6. The van der Waals surface area contributed by atoms with E-state index in [2.05, 4.69) is 31.9 Å². The summed E-state index contributed by atoms with van der Waals surface area (Å²) >= 11 is 7.04. The van der Waals surface area contributed by atoms with Gasteiger partial charge in [-0.3, -0.25) is 29.0 Å². The minimum absolute atomic E-state index is 0.158. The van der Waals surface area contributed by atoms with Gasteiger partial charge in [0.15, 0.2) is 0 Å². The third-order valence-corrected chi connectivity index (χ3v) is 10.8. The Balaban J connectivity index is 1.27. The van der Waals surface area contributed by atoms with Crippen LogP contribution in [-0.4, -0.2) is 55.5 Å². The van der Waals surface area contributed by atoms with E-state index in [1.807, 2.05) is 119 Å². The van der Waals surface area contributed by atoms with Gasteiger partial charge in [-0.2, -0.15) is 0 Å². The first-order chi connectivity index (χ1) is 22.3. The summed E-state index contributed by atoms with van der Waals surface area (Å²) in [4.78, 5) is 60.4. The van der Waals surface area contributed by atoms with Crippen LogP contribution in [-0.2, 0) is 32.3 Å². The van der Waals surface area contributed by atoms with E-state index in [0.717, 1.165) is 31.2 Å². The Kier molecular flexibility index (Phi) is 7.28. The number of nitrogens with zero attached hydrogens (tertiary/aromatic N) is 4. The Morgan fingerprint density at radius 2 is 0.783 bits per heavy atom. The SMILES string of the molecule is O=C1C2C(C(=O)N1Cc1ccccc1)N1C(c3ccc(Br)cc3)C3C(=O)N(Cc4ccccc4)C(=O)C3N1C2c1ccc(Br)cc1. The van der Waals surface area contributed by atoms with Gasteiger partial charge in [-0.1, -0.05) is 117 Å². The molecule has 8 nitrogen and oxygen atoms in total. The smallest absolute Gasteiger partial charge is 0.249 e. The molecule has 0 aromatic heterocycles. The summed E-state index contributed by atoms with van der Waals surface area (Å²) < 4.78 is 1.74. The summed E-state index contributed by atoms with van der Waals surface area (Å²) in [7, 11) is 0. The molecule has 4 heterocycles. The van der Waals surface area contributed by atoms with Gasteiger partial charge in [-0.25, -0.2) is 10.0 Å². The normalized spacial score (nSPS) is 27.4. The zero-order chi connectivity index (χ0) is 31.7. The summed E-state index contributed by atoms with van der Waals surface area (Å²) in [5.41, 5.74) is 3.32. The van der Waals surface area contributed by atoms with Crippen LogP contribution in [0.5, 0.6) is 0 Å². The van der Waals surface area contributed by atoms with Crippen molar-refractivity contribution in [3.05, 3.63) is 140 Å². The lowest BCUT2D eigenvalue weighted by Gasteiger charge is -2.35. The highest BCUT2D eigenvalue weighted by atomic mass is 79.9. The van der Waals surface area contributed by atoms with Crippen molar-refractivity contribution in [2.24, 2.45) is 11.8 Å². The van der Waals surface area contributed by atoms with Gasteiger partial charge >= 0.3 is 0 Å². The third kappa shape index (κ3) is 4.53. The first kappa shape index (κ1) is 29.4. The standard InChI is InChI=1S/C36H28Br2N4O4/c37-25-15-11-23(12-16-25)29-27-31(35(45)39(33(27)43)19-21-7-3-1-4-8-21)41-30(24-13-17-26(38)18-14-24)28-32(42(29)41)36(46)40(34(28)44)20-22-9-5-2-6-10-22/h1-18,27-32H,19-20H2. The van der Waals surface area contributed by atoms with Crippen molar-refractivity contribution in [1.82, 2.24) is 19.8 Å². The van der Waals surface area contributed by atoms with Crippen molar-refractivity contribution in [3.8, 4) is 0 Å². The number of rotatable bonds is 6. The molecule has 0 spiro atoms. The number of carbonyl (C=O) groups is 4. The molecule has 0 bridgehead atoms. The zero-order valence-electron chi connectivity index (χ0n) is 24.4. The van der Waals surface area contributed by atoms with Crippen LogP contribution in [0.25, 0.3) is 0 Å². The van der Waals surface area contributed by atoms with Crippen LogP contribution >= 0.6 is 31.9 Å². The molecule has 0 radical (unpaired) electrons. The predicted molar refractivity (Wildman–Crippen MR) is 176 cm³/mol. The molecule has 0 N–H and O–H groups in total. The van der Waals surface area contributed by atoms with E-state index in [4.69, 9.17) is 0 Å². The topological polar surface area (TPSA) is 81.2 Å². The number of benzene rings is 4. The van der Waals surface area contributed by atoms with E-state index >= 15 is 0 Å². The van der Waals surface area contributed by atoms with Gasteiger partial charge in [-0.15, -0.1) is 0 Å². The molecule has 4 aliphatic heterocycles. The Labute approximate surface area is 282 Å². The van der Waals surface area contributed by atoms with Crippen LogP contribution in [0.4, 0.5) is 0 Å². The summed E-state index contributed by atoms with van der Waals surface area (Å²) in [6.07, 6.45) is 0. The minimum atomic E-state index is -0.868. The van der Waals surface area contributed by atoms with Gasteiger partial charge in [0.05, 0.1) is 37.0 Å². The van der Waals surface area contributed by atoms with Gasteiger partial charge in [-0.05, 0) is 46.5 Å². The van der Waals surface area contributed by atoms with Gasteiger partial charge < -0.3 is 0 Å². The molecule has 6 unspecified atom stereocenters. The molecule has 10 heteroatoms. The minimum Gasteiger partial charge on any atom is -0.276 e. The van der Waals surface area contributed by atoms with Gasteiger partial charge in [0.1, 0.15) is 12.1 Å². The molecule has 46 heavy (non-hydrogen) atoms. The number of hydrogen-bond acceptors (Lipinski definition) is 6. The van der Waals surface area contributed by atoms with Crippen LogP contribution < -0.4 is 0 Å². The second-order valence-corrected chi connectivity index (χ2v) is 14.0. The quantitative estimate of drug-likeness (QED) is 0.238. The molecule has 4 aliphatic rings. The average molecular weight is 740 g/mol. The lowest BCUT2D eigenvalue weighted by Crippen LogP contribution is -2.49. The molecule has 8 rings (SSSR count). The summed E-state index contributed by atoms with van der Waals surface area (Å²) in [5.74, 6) is -2.70. The molecule has 0 saturated carbocycles.